The van der Waals surface area contributed by atoms with E-state index in [4.69, 9.17) is 0 Å². The van der Waals surface area contributed by atoms with Gasteiger partial charge in [0.15, 0.2) is 0 Å². The maximum Gasteiger partial charge on any atom is 0.355 e. The van der Waals surface area contributed by atoms with E-state index in [1.165, 1.54) is 7.11 Å². The van der Waals surface area contributed by atoms with Gasteiger partial charge in [0, 0.05) is 11.0 Å². The molecule has 0 aromatic heterocycles. The first-order chi connectivity index (χ1) is 8.29. The number of benzene rings is 1. The predicted octanol–water partition coefficient (Wildman–Crippen LogP) is 2.10. The molecule has 1 N–H and O–H groups in total. The van der Waals surface area contributed by atoms with Gasteiger partial charge in [-0.1, -0.05) is 42.2 Å². The number of hydrogen-bond acceptors (Lipinski definition) is 3. The summed E-state index contributed by atoms with van der Waals surface area (Å²) in [4.78, 5) is 11.8. The summed E-state index contributed by atoms with van der Waals surface area (Å²) in [7, 11) is 1.23. The van der Waals surface area contributed by atoms with E-state index in [2.05, 4.69) is 16.6 Å². The standard InChI is InChI=1S/C15H18O3/c1-14(2,3)10-11-15(17,13(16)18-4)12-8-6-5-7-9-12/h5-9,17H,1-4H3. The highest BCUT2D eigenvalue weighted by Crippen LogP contribution is 2.23. The third-order valence-corrected chi connectivity index (χ3v) is 2.29. The molecule has 0 heterocycles. The molecule has 0 amide bonds. The molecule has 3 heteroatoms. The number of carbonyl (C=O) groups excluding carboxylic acids is 1. The van der Waals surface area contributed by atoms with Crippen molar-refractivity contribution >= 4 is 5.97 Å². The van der Waals surface area contributed by atoms with Gasteiger partial charge in [-0.3, -0.25) is 0 Å². The van der Waals surface area contributed by atoms with Crippen LogP contribution >= 0.6 is 0 Å². The van der Waals surface area contributed by atoms with E-state index in [0.717, 1.165) is 0 Å². The normalized spacial score (nSPS) is 14.1. The Morgan fingerprint density at radius 2 is 1.72 bits per heavy atom. The zero-order valence-corrected chi connectivity index (χ0v) is 11.2. The summed E-state index contributed by atoms with van der Waals surface area (Å²) in [5, 5.41) is 10.5. The molecule has 1 aromatic carbocycles. The quantitative estimate of drug-likeness (QED) is 0.642. The second-order valence-electron chi connectivity index (χ2n) is 5.07. The summed E-state index contributed by atoms with van der Waals surface area (Å²) in [6, 6.07) is 8.57. The van der Waals surface area contributed by atoms with Crippen molar-refractivity contribution in [2.45, 2.75) is 26.4 Å². The van der Waals surface area contributed by atoms with Crippen LogP contribution < -0.4 is 0 Å². The first-order valence-corrected chi connectivity index (χ1v) is 5.70. The minimum Gasteiger partial charge on any atom is -0.466 e. The molecule has 18 heavy (non-hydrogen) atoms. The molecular formula is C15H18O3. The van der Waals surface area contributed by atoms with Gasteiger partial charge in [0.1, 0.15) is 0 Å². The molecule has 0 saturated heterocycles. The Bertz CT molecular complexity index is 474. The van der Waals surface area contributed by atoms with Crippen LogP contribution in [0, 0.1) is 17.3 Å². The molecule has 0 aliphatic carbocycles. The van der Waals surface area contributed by atoms with Crippen LogP contribution in [0.5, 0.6) is 0 Å². The second-order valence-corrected chi connectivity index (χ2v) is 5.07. The zero-order valence-electron chi connectivity index (χ0n) is 11.2. The summed E-state index contributed by atoms with van der Waals surface area (Å²) in [5.41, 5.74) is -1.81. The maximum absolute atomic E-state index is 11.8. The Hall–Kier alpha value is -1.79. The molecule has 0 bridgehead atoms. The molecule has 0 fully saturated rings. The second kappa shape index (κ2) is 5.24. The number of hydrogen-bond donors (Lipinski definition) is 1. The monoisotopic (exact) mass is 246 g/mol. The summed E-state index contributed by atoms with van der Waals surface area (Å²) in [6.07, 6.45) is 0. The number of rotatable bonds is 2. The molecule has 0 saturated carbocycles. The van der Waals surface area contributed by atoms with Crippen molar-refractivity contribution in [1.82, 2.24) is 0 Å². The van der Waals surface area contributed by atoms with E-state index >= 15 is 0 Å². The molecule has 1 rings (SSSR count). The van der Waals surface area contributed by atoms with Gasteiger partial charge >= 0.3 is 5.97 Å². The average molecular weight is 246 g/mol. The van der Waals surface area contributed by atoms with Crippen LogP contribution in [0.3, 0.4) is 0 Å². The van der Waals surface area contributed by atoms with Crippen LogP contribution in [-0.2, 0) is 15.1 Å². The molecule has 0 aliphatic heterocycles. The third-order valence-electron chi connectivity index (χ3n) is 2.29. The number of methoxy groups -OCH3 is 1. The molecule has 3 nitrogen and oxygen atoms in total. The predicted molar refractivity (Wildman–Crippen MR) is 69.6 cm³/mol. The first kappa shape index (κ1) is 14.3. The topological polar surface area (TPSA) is 46.5 Å². The zero-order chi connectivity index (χ0) is 13.8. The van der Waals surface area contributed by atoms with Crippen molar-refractivity contribution < 1.29 is 14.6 Å². The number of ether oxygens (including phenoxy) is 1. The molecular weight excluding hydrogens is 228 g/mol. The van der Waals surface area contributed by atoms with Crippen molar-refractivity contribution in [3.05, 3.63) is 35.9 Å². The molecule has 1 aromatic rings. The van der Waals surface area contributed by atoms with E-state index in [1.807, 2.05) is 20.8 Å². The summed E-state index contributed by atoms with van der Waals surface area (Å²) < 4.78 is 4.64. The Labute approximate surface area is 108 Å². The lowest BCUT2D eigenvalue weighted by molar-refractivity contribution is -0.157. The average Bonchev–Trinajstić information content (AvgIpc) is 2.35. The minimum absolute atomic E-state index is 0.309. The first-order valence-electron chi connectivity index (χ1n) is 5.70. The summed E-state index contributed by atoms with van der Waals surface area (Å²) in [6.45, 7) is 5.72. The Kier molecular flexibility index (Phi) is 4.15. The van der Waals surface area contributed by atoms with Crippen molar-refractivity contribution in [2.75, 3.05) is 7.11 Å². The Morgan fingerprint density at radius 3 is 2.17 bits per heavy atom. The van der Waals surface area contributed by atoms with Gasteiger partial charge < -0.3 is 9.84 Å². The molecule has 0 spiro atoms. The highest BCUT2D eigenvalue weighted by Gasteiger charge is 2.37. The van der Waals surface area contributed by atoms with Gasteiger partial charge in [-0.05, 0) is 20.8 Å². The summed E-state index contributed by atoms with van der Waals surface area (Å²) in [5.74, 6) is 4.74. The highest BCUT2D eigenvalue weighted by atomic mass is 16.5. The van der Waals surface area contributed by atoms with Gasteiger partial charge in [0.05, 0.1) is 7.11 Å². The number of esters is 1. The lowest BCUT2D eigenvalue weighted by Crippen LogP contribution is -2.35. The van der Waals surface area contributed by atoms with Crippen LogP contribution in [0.25, 0.3) is 0 Å². The lowest BCUT2D eigenvalue weighted by atomic mass is 9.91. The van der Waals surface area contributed by atoms with Crippen LogP contribution in [0.2, 0.25) is 0 Å². The van der Waals surface area contributed by atoms with E-state index in [-0.39, 0.29) is 5.41 Å². The SMILES string of the molecule is COC(=O)C(O)(C#CC(C)(C)C)c1ccccc1. The van der Waals surface area contributed by atoms with Crippen molar-refractivity contribution in [3.63, 3.8) is 0 Å². The fourth-order valence-corrected chi connectivity index (χ4v) is 1.35. The molecule has 1 atom stereocenters. The van der Waals surface area contributed by atoms with Crippen molar-refractivity contribution in [3.8, 4) is 11.8 Å². The van der Waals surface area contributed by atoms with E-state index < -0.39 is 11.6 Å². The van der Waals surface area contributed by atoms with Crippen LogP contribution in [0.1, 0.15) is 26.3 Å². The maximum atomic E-state index is 11.8. The molecule has 96 valence electrons. The highest BCUT2D eigenvalue weighted by molar-refractivity contribution is 5.85. The Balaban J connectivity index is 3.28. The Morgan fingerprint density at radius 1 is 1.17 bits per heavy atom. The van der Waals surface area contributed by atoms with Gasteiger partial charge in [-0.15, -0.1) is 0 Å². The lowest BCUT2D eigenvalue weighted by Gasteiger charge is -2.20. The van der Waals surface area contributed by atoms with Crippen molar-refractivity contribution in [2.24, 2.45) is 5.41 Å². The fraction of sp³-hybridized carbons (Fsp3) is 0.400. The van der Waals surface area contributed by atoms with Crippen LogP contribution in [0.4, 0.5) is 0 Å². The summed E-state index contributed by atoms with van der Waals surface area (Å²) >= 11 is 0. The van der Waals surface area contributed by atoms with E-state index in [9.17, 15) is 9.90 Å². The fourth-order valence-electron chi connectivity index (χ4n) is 1.35. The van der Waals surface area contributed by atoms with Gasteiger partial charge in [0.25, 0.3) is 0 Å². The number of aliphatic hydroxyl groups is 1. The minimum atomic E-state index is -1.91. The smallest absolute Gasteiger partial charge is 0.355 e. The van der Waals surface area contributed by atoms with Crippen LogP contribution in [-0.4, -0.2) is 18.2 Å². The third kappa shape index (κ3) is 3.35. The van der Waals surface area contributed by atoms with Gasteiger partial charge in [0.2, 0.25) is 5.60 Å². The molecule has 0 aliphatic rings. The van der Waals surface area contributed by atoms with Crippen LogP contribution in [0.15, 0.2) is 30.3 Å². The largest absolute Gasteiger partial charge is 0.466 e. The van der Waals surface area contributed by atoms with E-state index in [0.29, 0.717) is 5.56 Å². The van der Waals surface area contributed by atoms with Gasteiger partial charge in [-0.25, -0.2) is 4.79 Å². The van der Waals surface area contributed by atoms with Crippen molar-refractivity contribution in [1.29, 1.82) is 0 Å². The van der Waals surface area contributed by atoms with Gasteiger partial charge in [-0.2, -0.15) is 0 Å². The van der Waals surface area contributed by atoms with E-state index in [1.54, 1.807) is 30.3 Å². The molecule has 0 radical (unpaired) electrons. The number of carbonyl (C=O) groups is 1. The molecule has 1 unspecified atom stereocenters.